The number of halogens is 1. The quantitative estimate of drug-likeness (QED) is 0.158. The average molecular weight is 532 g/mol. The van der Waals surface area contributed by atoms with Gasteiger partial charge in [-0.25, -0.2) is 0 Å². The Hall–Kier alpha value is -1.55. The number of likely N-dealkylation sites (tertiary alicyclic amines) is 1. The number of benzene rings is 1. The van der Waals surface area contributed by atoms with Crippen molar-refractivity contribution >= 4 is 35.9 Å². The van der Waals surface area contributed by atoms with Crippen molar-refractivity contribution in [2.24, 2.45) is 4.99 Å². The van der Waals surface area contributed by atoms with Gasteiger partial charge in [-0.15, -0.1) is 24.0 Å². The van der Waals surface area contributed by atoms with E-state index >= 15 is 0 Å². The summed E-state index contributed by atoms with van der Waals surface area (Å²) in [6, 6.07) is 8.62. The minimum Gasteiger partial charge on any atom is -0.497 e. The van der Waals surface area contributed by atoms with E-state index in [-0.39, 0.29) is 36.0 Å². The van der Waals surface area contributed by atoms with Crippen LogP contribution in [-0.4, -0.2) is 63.8 Å². The average Bonchev–Trinajstić information content (AvgIpc) is 2.76. The Morgan fingerprint density at radius 1 is 1.17 bits per heavy atom. The van der Waals surface area contributed by atoms with E-state index in [0.29, 0.717) is 26.0 Å². The highest BCUT2D eigenvalue weighted by Crippen LogP contribution is 2.25. The largest absolute Gasteiger partial charge is 0.497 e. The van der Waals surface area contributed by atoms with Crippen LogP contribution in [0.5, 0.6) is 5.75 Å². The molecule has 0 saturated carbocycles. The van der Waals surface area contributed by atoms with Crippen molar-refractivity contribution in [1.82, 2.24) is 15.5 Å². The number of carbonyl (C=O) groups excluding carboxylic acids is 1. The molecule has 170 valence electrons. The van der Waals surface area contributed by atoms with Gasteiger partial charge in [0.1, 0.15) is 5.75 Å². The van der Waals surface area contributed by atoms with Gasteiger partial charge in [0.25, 0.3) is 0 Å². The van der Waals surface area contributed by atoms with E-state index in [9.17, 15) is 4.79 Å². The number of carbonyl (C=O) groups is 1. The highest BCUT2D eigenvalue weighted by Gasteiger charge is 2.22. The van der Waals surface area contributed by atoms with Gasteiger partial charge in [-0.05, 0) is 57.0 Å². The number of aliphatic imine (C=N–C) groups is 1. The number of nitrogens with zero attached hydrogens (tertiary/aromatic N) is 2. The molecule has 7 nitrogen and oxygen atoms in total. The van der Waals surface area contributed by atoms with Gasteiger partial charge < -0.3 is 20.1 Å². The molecule has 1 fully saturated rings. The van der Waals surface area contributed by atoms with Crippen molar-refractivity contribution < 1.29 is 14.3 Å². The summed E-state index contributed by atoms with van der Waals surface area (Å²) in [6.07, 6.45) is 4.93. The third-order valence-corrected chi connectivity index (χ3v) is 5.17. The maximum absolute atomic E-state index is 11.4. The highest BCUT2D eigenvalue weighted by atomic mass is 127. The maximum Gasteiger partial charge on any atom is 0.305 e. The topological polar surface area (TPSA) is 75.2 Å². The molecule has 30 heavy (non-hydrogen) atoms. The summed E-state index contributed by atoms with van der Waals surface area (Å²) in [7, 11) is 3.46. The van der Waals surface area contributed by atoms with E-state index in [0.717, 1.165) is 31.3 Å². The SMILES string of the molecule is CCOC(=O)CCCNC(=NC)NCC(c1ccc(OC)cc1)N1CCCCC1.I. The molecule has 0 bridgehead atoms. The smallest absolute Gasteiger partial charge is 0.305 e. The lowest BCUT2D eigenvalue weighted by atomic mass is 10.0. The number of hydrogen-bond acceptors (Lipinski definition) is 5. The number of ether oxygens (including phenoxy) is 2. The van der Waals surface area contributed by atoms with E-state index in [1.807, 2.05) is 19.1 Å². The maximum atomic E-state index is 11.4. The Morgan fingerprint density at radius 3 is 2.47 bits per heavy atom. The van der Waals surface area contributed by atoms with Crippen molar-refractivity contribution in [2.75, 3.05) is 46.9 Å². The van der Waals surface area contributed by atoms with Crippen molar-refractivity contribution in [3.05, 3.63) is 29.8 Å². The van der Waals surface area contributed by atoms with E-state index in [2.05, 4.69) is 32.7 Å². The fourth-order valence-electron chi connectivity index (χ4n) is 3.60. The molecule has 1 atom stereocenters. The lowest BCUT2D eigenvalue weighted by Crippen LogP contribution is -2.44. The predicted octanol–water partition coefficient (Wildman–Crippen LogP) is 3.35. The van der Waals surface area contributed by atoms with Gasteiger partial charge in [-0.3, -0.25) is 14.7 Å². The summed E-state index contributed by atoms with van der Waals surface area (Å²) >= 11 is 0. The molecule has 0 radical (unpaired) electrons. The predicted molar refractivity (Wildman–Crippen MR) is 132 cm³/mol. The standard InChI is InChI=1S/C22H36N4O3.HI/c1-4-29-21(27)9-8-14-24-22(23-2)25-17-20(26-15-6-5-7-16-26)18-10-12-19(28-3)13-11-18;/h10-13,20H,4-9,14-17H2,1-3H3,(H2,23,24,25);1H. The summed E-state index contributed by atoms with van der Waals surface area (Å²) in [6.45, 7) is 5.93. The molecule has 2 rings (SSSR count). The fourth-order valence-corrected chi connectivity index (χ4v) is 3.60. The van der Waals surface area contributed by atoms with Gasteiger partial charge >= 0.3 is 5.97 Å². The minimum atomic E-state index is -0.151. The van der Waals surface area contributed by atoms with Crippen LogP contribution >= 0.6 is 24.0 Å². The second-order valence-electron chi connectivity index (χ2n) is 7.17. The monoisotopic (exact) mass is 532 g/mol. The molecule has 0 aromatic heterocycles. The Balaban J connectivity index is 0.00000450. The van der Waals surface area contributed by atoms with Crippen molar-refractivity contribution in [3.8, 4) is 5.75 Å². The summed E-state index contributed by atoms with van der Waals surface area (Å²) in [5, 5.41) is 6.74. The molecule has 1 saturated heterocycles. The van der Waals surface area contributed by atoms with Gasteiger partial charge in [0, 0.05) is 26.6 Å². The zero-order valence-electron chi connectivity index (χ0n) is 18.5. The molecule has 0 aliphatic carbocycles. The molecular weight excluding hydrogens is 495 g/mol. The van der Waals surface area contributed by atoms with Gasteiger partial charge in [0.05, 0.1) is 19.8 Å². The molecular formula is C22H37IN4O3. The van der Waals surface area contributed by atoms with Crippen molar-refractivity contribution in [1.29, 1.82) is 0 Å². The molecule has 1 aliphatic heterocycles. The van der Waals surface area contributed by atoms with Crippen LogP contribution < -0.4 is 15.4 Å². The van der Waals surface area contributed by atoms with E-state index in [4.69, 9.17) is 9.47 Å². The Kier molecular flexibility index (Phi) is 13.5. The van der Waals surface area contributed by atoms with Crippen molar-refractivity contribution in [3.63, 3.8) is 0 Å². The minimum absolute atomic E-state index is 0. The third-order valence-electron chi connectivity index (χ3n) is 5.17. The zero-order valence-corrected chi connectivity index (χ0v) is 20.8. The number of rotatable bonds is 10. The van der Waals surface area contributed by atoms with Gasteiger partial charge in [-0.1, -0.05) is 18.6 Å². The molecule has 1 aliphatic rings. The van der Waals surface area contributed by atoms with Gasteiger partial charge in [0.15, 0.2) is 5.96 Å². The van der Waals surface area contributed by atoms with Crippen LogP contribution in [0.2, 0.25) is 0 Å². The molecule has 1 aromatic carbocycles. The number of guanidine groups is 1. The third kappa shape index (κ3) is 9.07. The zero-order chi connectivity index (χ0) is 20.9. The highest BCUT2D eigenvalue weighted by molar-refractivity contribution is 14.0. The summed E-state index contributed by atoms with van der Waals surface area (Å²) in [4.78, 5) is 18.3. The molecule has 0 spiro atoms. The number of piperidine rings is 1. The van der Waals surface area contributed by atoms with Crippen LogP contribution in [0.15, 0.2) is 29.3 Å². The first-order valence-corrected chi connectivity index (χ1v) is 10.7. The fraction of sp³-hybridized carbons (Fsp3) is 0.636. The van der Waals surface area contributed by atoms with Crippen LogP contribution in [0.25, 0.3) is 0 Å². The first-order chi connectivity index (χ1) is 14.2. The Labute approximate surface area is 198 Å². The Bertz CT molecular complexity index is 634. The van der Waals surface area contributed by atoms with Crippen LogP contribution in [0.3, 0.4) is 0 Å². The summed E-state index contributed by atoms with van der Waals surface area (Å²) < 4.78 is 10.3. The van der Waals surface area contributed by atoms with Crippen LogP contribution in [0.4, 0.5) is 0 Å². The van der Waals surface area contributed by atoms with E-state index < -0.39 is 0 Å². The van der Waals surface area contributed by atoms with Crippen LogP contribution in [0.1, 0.15) is 50.6 Å². The van der Waals surface area contributed by atoms with Crippen LogP contribution in [0, 0.1) is 0 Å². The van der Waals surface area contributed by atoms with E-state index in [1.54, 1.807) is 14.2 Å². The molecule has 1 unspecified atom stereocenters. The lowest BCUT2D eigenvalue weighted by Gasteiger charge is -2.35. The summed E-state index contributed by atoms with van der Waals surface area (Å²) in [5.74, 6) is 1.48. The van der Waals surface area contributed by atoms with Crippen LogP contribution in [-0.2, 0) is 9.53 Å². The molecule has 1 heterocycles. The summed E-state index contributed by atoms with van der Waals surface area (Å²) in [5.41, 5.74) is 1.28. The number of hydrogen-bond donors (Lipinski definition) is 2. The van der Waals surface area contributed by atoms with Crippen molar-refractivity contribution in [2.45, 2.75) is 45.1 Å². The molecule has 0 amide bonds. The second-order valence-corrected chi connectivity index (χ2v) is 7.17. The molecule has 8 heteroatoms. The Morgan fingerprint density at radius 2 is 1.87 bits per heavy atom. The van der Waals surface area contributed by atoms with Gasteiger partial charge in [0.2, 0.25) is 0 Å². The first-order valence-electron chi connectivity index (χ1n) is 10.7. The number of nitrogens with one attached hydrogen (secondary N) is 2. The second kappa shape index (κ2) is 15.3. The van der Waals surface area contributed by atoms with E-state index in [1.165, 1.54) is 24.8 Å². The lowest BCUT2D eigenvalue weighted by molar-refractivity contribution is -0.143. The molecule has 1 aromatic rings. The normalized spacial score (nSPS) is 15.6. The van der Waals surface area contributed by atoms with Gasteiger partial charge in [-0.2, -0.15) is 0 Å². The number of methoxy groups -OCH3 is 1. The first kappa shape index (κ1) is 26.5. The number of esters is 1. The molecule has 2 N–H and O–H groups in total.